The number of rotatable bonds is 10. The molecule has 1 heterocycles. The van der Waals surface area contributed by atoms with Gasteiger partial charge in [-0.15, -0.1) is 0 Å². The fourth-order valence-electron chi connectivity index (χ4n) is 2.58. The Kier molecular flexibility index (Phi) is 7.74. The number of nitrogens with zero attached hydrogens (tertiary/aromatic N) is 1. The number of carbonyl (C=O) groups excluding carboxylic acids is 1. The maximum atomic E-state index is 12.5. The molecule has 6 nitrogen and oxygen atoms in total. The zero-order valence-corrected chi connectivity index (χ0v) is 15.5. The fourth-order valence-corrected chi connectivity index (χ4v) is 2.58. The van der Waals surface area contributed by atoms with Crippen LogP contribution in [0, 0.1) is 0 Å². The minimum atomic E-state index is -0.224. The molecular weight excluding hydrogens is 330 g/mol. The van der Waals surface area contributed by atoms with Gasteiger partial charge in [-0.2, -0.15) is 0 Å². The van der Waals surface area contributed by atoms with E-state index in [2.05, 4.69) is 17.2 Å². The van der Waals surface area contributed by atoms with Gasteiger partial charge in [0.1, 0.15) is 0 Å². The summed E-state index contributed by atoms with van der Waals surface area (Å²) in [7, 11) is 1.56. The quantitative estimate of drug-likeness (QED) is 0.504. The zero-order chi connectivity index (χ0) is 18.8. The molecule has 3 N–H and O–H groups in total. The number of aromatic nitrogens is 1. The van der Waals surface area contributed by atoms with Gasteiger partial charge in [-0.1, -0.05) is 19.8 Å². The fraction of sp³-hybridized carbons (Fsp3) is 0.400. The third-order valence-electron chi connectivity index (χ3n) is 4.07. The molecule has 0 radical (unpaired) electrons. The average molecular weight is 357 g/mol. The molecule has 1 amide bonds. The lowest BCUT2D eigenvalue weighted by Crippen LogP contribution is -2.26. The SMILES string of the molecule is CCCCCOc1c(OC)ccc(C(=O)NCCc2ccncc2)c1N. The van der Waals surface area contributed by atoms with Gasteiger partial charge in [0.25, 0.3) is 5.91 Å². The summed E-state index contributed by atoms with van der Waals surface area (Å²) in [5.41, 5.74) is 8.00. The number of nitrogens with two attached hydrogens (primary N) is 1. The maximum Gasteiger partial charge on any atom is 0.253 e. The van der Waals surface area contributed by atoms with Crippen molar-refractivity contribution in [2.24, 2.45) is 0 Å². The first-order valence-corrected chi connectivity index (χ1v) is 8.93. The van der Waals surface area contributed by atoms with Crippen molar-refractivity contribution >= 4 is 11.6 Å². The molecule has 0 saturated carbocycles. The molecule has 140 valence electrons. The number of pyridine rings is 1. The molecule has 2 rings (SSSR count). The van der Waals surface area contributed by atoms with E-state index in [9.17, 15) is 4.79 Å². The Morgan fingerprint density at radius 1 is 1.19 bits per heavy atom. The van der Waals surface area contributed by atoms with Gasteiger partial charge in [0.15, 0.2) is 11.5 Å². The van der Waals surface area contributed by atoms with Crippen LogP contribution in [0.3, 0.4) is 0 Å². The summed E-state index contributed by atoms with van der Waals surface area (Å²) in [4.78, 5) is 16.5. The molecule has 1 aromatic carbocycles. The maximum absolute atomic E-state index is 12.5. The van der Waals surface area contributed by atoms with Crippen molar-refractivity contribution in [3.63, 3.8) is 0 Å². The summed E-state index contributed by atoms with van der Waals surface area (Å²) in [6.45, 7) is 3.19. The van der Waals surface area contributed by atoms with E-state index in [0.717, 1.165) is 31.2 Å². The molecule has 0 unspecified atom stereocenters. The summed E-state index contributed by atoms with van der Waals surface area (Å²) in [5.74, 6) is 0.746. The summed E-state index contributed by atoms with van der Waals surface area (Å²) < 4.78 is 11.1. The molecule has 0 aliphatic carbocycles. The standard InChI is InChI=1S/C20H27N3O3/c1-3-4-5-14-26-19-17(25-2)7-6-16(18(19)21)20(24)23-13-10-15-8-11-22-12-9-15/h6-9,11-12H,3-5,10,13-14,21H2,1-2H3,(H,23,24). The van der Waals surface area contributed by atoms with Gasteiger partial charge in [-0.3, -0.25) is 9.78 Å². The van der Waals surface area contributed by atoms with E-state index in [0.29, 0.717) is 35.9 Å². The highest BCUT2D eigenvalue weighted by molar-refractivity contribution is 6.01. The summed E-state index contributed by atoms with van der Waals surface area (Å²) >= 11 is 0. The molecule has 0 bridgehead atoms. The summed E-state index contributed by atoms with van der Waals surface area (Å²) in [6, 6.07) is 7.23. The van der Waals surface area contributed by atoms with Crippen molar-refractivity contribution in [2.45, 2.75) is 32.6 Å². The van der Waals surface area contributed by atoms with E-state index in [1.54, 1.807) is 31.6 Å². The van der Waals surface area contributed by atoms with Crippen LogP contribution < -0.4 is 20.5 Å². The first-order valence-electron chi connectivity index (χ1n) is 8.93. The van der Waals surface area contributed by atoms with E-state index in [1.165, 1.54) is 0 Å². The van der Waals surface area contributed by atoms with Crippen LogP contribution in [0.1, 0.15) is 42.1 Å². The minimum absolute atomic E-state index is 0.224. The van der Waals surface area contributed by atoms with Crippen LogP contribution in [0.4, 0.5) is 5.69 Å². The Morgan fingerprint density at radius 3 is 2.65 bits per heavy atom. The number of methoxy groups -OCH3 is 1. The molecule has 6 heteroatoms. The van der Waals surface area contributed by atoms with Crippen LogP contribution in [-0.2, 0) is 6.42 Å². The van der Waals surface area contributed by atoms with Crippen LogP contribution in [0.25, 0.3) is 0 Å². The first kappa shape index (κ1) is 19.6. The van der Waals surface area contributed by atoms with E-state index in [1.807, 2.05) is 12.1 Å². The number of benzene rings is 1. The van der Waals surface area contributed by atoms with Crippen molar-refractivity contribution in [3.05, 3.63) is 47.8 Å². The molecule has 2 aromatic rings. The number of unbranched alkanes of at least 4 members (excludes halogenated alkanes) is 2. The molecule has 0 aliphatic rings. The number of ether oxygens (including phenoxy) is 2. The predicted molar refractivity (Wildman–Crippen MR) is 103 cm³/mol. The Bertz CT molecular complexity index is 705. The van der Waals surface area contributed by atoms with Crippen LogP contribution in [-0.4, -0.2) is 31.2 Å². The molecular formula is C20H27N3O3. The van der Waals surface area contributed by atoms with Gasteiger partial charge in [0, 0.05) is 18.9 Å². The number of hydrogen-bond acceptors (Lipinski definition) is 5. The lowest BCUT2D eigenvalue weighted by atomic mass is 10.1. The lowest BCUT2D eigenvalue weighted by Gasteiger charge is -2.16. The number of carbonyl (C=O) groups is 1. The van der Waals surface area contributed by atoms with Crippen molar-refractivity contribution in [3.8, 4) is 11.5 Å². The smallest absolute Gasteiger partial charge is 0.253 e. The molecule has 1 aromatic heterocycles. The van der Waals surface area contributed by atoms with Crippen LogP contribution in [0.2, 0.25) is 0 Å². The Morgan fingerprint density at radius 2 is 1.96 bits per heavy atom. The van der Waals surface area contributed by atoms with Gasteiger partial charge in [0.2, 0.25) is 0 Å². The zero-order valence-electron chi connectivity index (χ0n) is 15.5. The molecule has 0 aliphatic heterocycles. The monoisotopic (exact) mass is 357 g/mol. The normalized spacial score (nSPS) is 10.4. The highest BCUT2D eigenvalue weighted by Crippen LogP contribution is 2.36. The number of hydrogen-bond donors (Lipinski definition) is 2. The Hall–Kier alpha value is -2.76. The van der Waals surface area contributed by atoms with Crippen molar-refractivity contribution < 1.29 is 14.3 Å². The van der Waals surface area contributed by atoms with Gasteiger partial charge in [-0.05, 0) is 42.7 Å². The van der Waals surface area contributed by atoms with Gasteiger partial charge in [-0.25, -0.2) is 0 Å². The number of nitrogens with one attached hydrogen (secondary N) is 1. The van der Waals surface area contributed by atoms with Crippen LogP contribution in [0.15, 0.2) is 36.7 Å². The number of nitrogen functional groups attached to an aromatic ring is 1. The second-order valence-corrected chi connectivity index (χ2v) is 5.98. The molecule has 26 heavy (non-hydrogen) atoms. The second kappa shape index (κ2) is 10.3. The Balaban J connectivity index is 2.01. The molecule has 0 atom stereocenters. The minimum Gasteiger partial charge on any atom is -0.493 e. The van der Waals surface area contributed by atoms with Crippen molar-refractivity contribution in [1.29, 1.82) is 0 Å². The van der Waals surface area contributed by atoms with Gasteiger partial charge >= 0.3 is 0 Å². The average Bonchev–Trinajstić information content (AvgIpc) is 2.66. The van der Waals surface area contributed by atoms with Crippen molar-refractivity contribution in [2.75, 3.05) is 26.0 Å². The number of amides is 1. The molecule has 0 fully saturated rings. The van der Waals surface area contributed by atoms with E-state index in [4.69, 9.17) is 15.2 Å². The number of anilines is 1. The van der Waals surface area contributed by atoms with Gasteiger partial charge < -0.3 is 20.5 Å². The van der Waals surface area contributed by atoms with E-state index >= 15 is 0 Å². The summed E-state index contributed by atoms with van der Waals surface area (Å²) in [5, 5.41) is 2.89. The summed E-state index contributed by atoms with van der Waals surface area (Å²) in [6.07, 6.45) is 7.32. The highest BCUT2D eigenvalue weighted by atomic mass is 16.5. The topological polar surface area (TPSA) is 86.5 Å². The highest BCUT2D eigenvalue weighted by Gasteiger charge is 2.17. The third kappa shape index (κ3) is 5.37. The second-order valence-electron chi connectivity index (χ2n) is 5.98. The lowest BCUT2D eigenvalue weighted by molar-refractivity contribution is 0.0954. The third-order valence-corrected chi connectivity index (χ3v) is 4.07. The van der Waals surface area contributed by atoms with Crippen molar-refractivity contribution in [1.82, 2.24) is 10.3 Å². The first-order chi connectivity index (χ1) is 12.7. The van der Waals surface area contributed by atoms with Crippen LogP contribution in [0.5, 0.6) is 11.5 Å². The van der Waals surface area contributed by atoms with Gasteiger partial charge in [0.05, 0.1) is 25.0 Å². The molecule has 0 saturated heterocycles. The molecule has 0 spiro atoms. The van der Waals surface area contributed by atoms with Crippen LogP contribution >= 0.6 is 0 Å². The largest absolute Gasteiger partial charge is 0.493 e. The Labute approximate surface area is 154 Å². The predicted octanol–water partition coefficient (Wildman–Crippen LogP) is 3.21. The van der Waals surface area contributed by atoms with E-state index in [-0.39, 0.29) is 5.91 Å². The van der Waals surface area contributed by atoms with E-state index < -0.39 is 0 Å².